The lowest BCUT2D eigenvalue weighted by molar-refractivity contribution is -0.118. The second-order valence-corrected chi connectivity index (χ2v) is 4.22. The summed E-state index contributed by atoms with van der Waals surface area (Å²) in [5.74, 6) is 0.162. The van der Waals surface area contributed by atoms with E-state index in [2.05, 4.69) is 10.3 Å². The Kier molecular flexibility index (Phi) is 4.20. The number of nitrogens with one attached hydrogen (secondary N) is 1. The lowest BCUT2D eigenvalue weighted by atomic mass is 10.2. The summed E-state index contributed by atoms with van der Waals surface area (Å²) < 4.78 is 0. The zero-order valence-electron chi connectivity index (χ0n) is 8.63. The first kappa shape index (κ1) is 12.9. The van der Waals surface area contributed by atoms with Crippen LogP contribution in [0.1, 0.15) is 13.3 Å². The van der Waals surface area contributed by atoms with Gasteiger partial charge in [-0.2, -0.15) is 0 Å². The van der Waals surface area contributed by atoms with Gasteiger partial charge in [0.05, 0.1) is 10.0 Å². The summed E-state index contributed by atoms with van der Waals surface area (Å²) in [6.07, 6.45) is 0.181. The molecule has 1 atom stereocenters. The third-order valence-corrected chi connectivity index (χ3v) is 2.44. The van der Waals surface area contributed by atoms with Crippen LogP contribution in [0.15, 0.2) is 6.07 Å². The number of hydrogen-bond acceptors (Lipinski definition) is 4. The van der Waals surface area contributed by atoms with Crippen molar-refractivity contribution in [2.75, 3.05) is 11.1 Å². The quantitative estimate of drug-likeness (QED) is 0.769. The molecule has 1 unspecified atom stereocenters. The fourth-order valence-electron chi connectivity index (χ4n) is 1.17. The molecule has 0 saturated heterocycles. The van der Waals surface area contributed by atoms with Crippen molar-refractivity contribution >= 4 is 40.7 Å². The van der Waals surface area contributed by atoms with Gasteiger partial charge < -0.3 is 16.8 Å². The molecular weight excluding hydrogens is 251 g/mol. The number of rotatable bonds is 4. The number of primary amides is 1. The van der Waals surface area contributed by atoms with E-state index in [-0.39, 0.29) is 23.3 Å². The zero-order valence-corrected chi connectivity index (χ0v) is 10.1. The molecule has 0 radical (unpaired) electrons. The van der Waals surface area contributed by atoms with Crippen molar-refractivity contribution < 1.29 is 4.79 Å². The van der Waals surface area contributed by atoms with E-state index in [0.717, 1.165) is 0 Å². The van der Waals surface area contributed by atoms with Crippen LogP contribution in [0.2, 0.25) is 10.0 Å². The van der Waals surface area contributed by atoms with E-state index in [0.29, 0.717) is 10.8 Å². The molecule has 88 valence electrons. The fraction of sp³-hybridized carbons (Fsp3) is 0.333. The monoisotopic (exact) mass is 262 g/mol. The normalized spacial score (nSPS) is 12.2. The number of nitrogens with zero attached hydrogens (tertiary/aromatic N) is 1. The molecule has 1 amide bonds. The number of nitrogen functional groups attached to an aromatic ring is 1. The standard InChI is InChI=1S/C9H12Cl2N4O/c1-4(2-7(12)16)14-9-6(11)3-5(10)8(13)15-9/h3-4H,2H2,1H3,(H2,12,16)(H3,13,14,15). The number of pyridine rings is 1. The molecule has 0 aromatic carbocycles. The van der Waals surface area contributed by atoms with E-state index in [1.54, 1.807) is 6.92 Å². The van der Waals surface area contributed by atoms with Crippen LogP contribution in [-0.4, -0.2) is 16.9 Å². The Hall–Kier alpha value is -1.20. The molecule has 0 spiro atoms. The van der Waals surface area contributed by atoms with Crippen LogP contribution in [0.3, 0.4) is 0 Å². The van der Waals surface area contributed by atoms with E-state index >= 15 is 0 Å². The smallest absolute Gasteiger partial charge is 0.219 e. The molecule has 16 heavy (non-hydrogen) atoms. The van der Waals surface area contributed by atoms with Gasteiger partial charge >= 0.3 is 0 Å². The lowest BCUT2D eigenvalue weighted by Gasteiger charge is -2.14. The van der Waals surface area contributed by atoms with Crippen LogP contribution < -0.4 is 16.8 Å². The number of carbonyl (C=O) groups excluding carboxylic acids is 1. The molecule has 0 bridgehead atoms. The maximum absolute atomic E-state index is 10.7. The molecule has 0 aliphatic rings. The van der Waals surface area contributed by atoms with Crippen molar-refractivity contribution in [3.05, 3.63) is 16.1 Å². The summed E-state index contributed by atoms with van der Waals surface area (Å²) >= 11 is 11.6. The first-order chi connectivity index (χ1) is 7.40. The Morgan fingerprint density at radius 3 is 2.75 bits per heavy atom. The highest BCUT2D eigenvalue weighted by molar-refractivity contribution is 6.37. The topological polar surface area (TPSA) is 94.0 Å². The Balaban J connectivity index is 2.81. The molecule has 1 heterocycles. The van der Waals surface area contributed by atoms with Crippen molar-refractivity contribution in [1.29, 1.82) is 0 Å². The SMILES string of the molecule is CC(CC(N)=O)Nc1nc(N)c(Cl)cc1Cl. The third-order valence-electron chi connectivity index (χ3n) is 1.85. The van der Waals surface area contributed by atoms with Crippen molar-refractivity contribution in [3.8, 4) is 0 Å². The first-order valence-electron chi connectivity index (χ1n) is 4.56. The Morgan fingerprint density at radius 1 is 1.56 bits per heavy atom. The number of hydrogen-bond donors (Lipinski definition) is 3. The highest BCUT2D eigenvalue weighted by atomic mass is 35.5. The van der Waals surface area contributed by atoms with Crippen molar-refractivity contribution in [2.24, 2.45) is 5.73 Å². The van der Waals surface area contributed by atoms with E-state index in [9.17, 15) is 4.79 Å². The van der Waals surface area contributed by atoms with Crippen LogP contribution >= 0.6 is 23.2 Å². The number of amides is 1. The Labute approximate surface area is 103 Å². The minimum Gasteiger partial charge on any atom is -0.382 e. The van der Waals surface area contributed by atoms with E-state index in [1.165, 1.54) is 6.07 Å². The first-order valence-corrected chi connectivity index (χ1v) is 5.32. The van der Waals surface area contributed by atoms with Gasteiger partial charge in [-0.3, -0.25) is 4.79 Å². The van der Waals surface area contributed by atoms with Gasteiger partial charge in [0.15, 0.2) is 0 Å². The molecule has 5 nitrogen and oxygen atoms in total. The summed E-state index contributed by atoms with van der Waals surface area (Å²) in [7, 11) is 0. The summed E-state index contributed by atoms with van der Waals surface area (Å²) in [4.78, 5) is 14.7. The molecule has 1 rings (SSSR count). The number of aromatic nitrogens is 1. The summed E-state index contributed by atoms with van der Waals surface area (Å²) in [5, 5.41) is 3.56. The maximum Gasteiger partial charge on any atom is 0.219 e. The van der Waals surface area contributed by atoms with Gasteiger partial charge in [0.1, 0.15) is 11.6 Å². The highest BCUT2D eigenvalue weighted by Crippen LogP contribution is 2.27. The molecule has 0 aliphatic carbocycles. The predicted molar refractivity (Wildman–Crippen MR) is 65.6 cm³/mol. The Morgan fingerprint density at radius 2 is 2.19 bits per heavy atom. The molecule has 0 fully saturated rings. The summed E-state index contributed by atoms with van der Waals surface area (Å²) in [6.45, 7) is 1.79. The average Bonchev–Trinajstić information content (AvgIpc) is 2.12. The molecular formula is C9H12Cl2N4O. The zero-order chi connectivity index (χ0) is 12.3. The minimum atomic E-state index is -0.405. The summed E-state index contributed by atoms with van der Waals surface area (Å²) in [5.41, 5.74) is 10.6. The van der Waals surface area contributed by atoms with Crippen LogP contribution in [0, 0.1) is 0 Å². The van der Waals surface area contributed by atoms with Gasteiger partial charge in [-0.25, -0.2) is 4.98 Å². The van der Waals surface area contributed by atoms with E-state index < -0.39 is 5.91 Å². The molecule has 7 heteroatoms. The summed E-state index contributed by atoms with van der Waals surface area (Å²) in [6, 6.07) is 1.31. The lowest BCUT2D eigenvalue weighted by Crippen LogP contribution is -2.24. The van der Waals surface area contributed by atoms with Crippen LogP contribution in [0.4, 0.5) is 11.6 Å². The van der Waals surface area contributed by atoms with Crippen molar-refractivity contribution in [1.82, 2.24) is 4.98 Å². The Bertz CT molecular complexity index is 411. The van der Waals surface area contributed by atoms with Crippen molar-refractivity contribution in [2.45, 2.75) is 19.4 Å². The molecule has 0 aliphatic heterocycles. The highest BCUT2D eigenvalue weighted by Gasteiger charge is 2.11. The number of anilines is 2. The maximum atomic E-state index is 10.7. The van der Waals surface area contributed by atoms with Gasteiger partial charge in [-0.05, 0) is 13.0 Å². The van der Waals surface area contributed by atoms with E-state index in [1.807, 2.05) is 0 Å². The molecule has 1 aromatic rings. The van der Waals surface area contributed by atoms with Gasteiger partial charge in [-0.15, -0.1) is 0 Å². The van der Waals surface area contributed by atoms with Crippen molar-refractivity contribution in [3.63, 3.8) is 0 Å². The van der Waals surface area contributed by atoms with E-state index in [4.69, 9.17) is 34.7 Å². The van der Waals surface area contributed by atoms with Gasteiger partial charge in [0.2, 0.25) is 5.91 Å². The molecule has 1 aromatic heterocycles. The number of halogens is 2. The average molecular weight is 263 g/mol. The second kappa shape index (κ2) is 5.23. The minimum absolute atomic E-state index is 0.178. The molecule has 0 saturated carbocycles. The van der Waals surface area contributed by atoms with Gasteiger partial charge in [0, 0.05) is 12.5 Å². The van der Waals surface area contributed by atoms with Crippen LogP contribution in [-0.2, 0) is 4.79 Å². The van der Waals surface area contributed by atoms with Gasteiger partial charge in [0.25, 0.3) is 0 Å². The second-order valence-electron chi connectivity index (χ2n) is 3.40. The largest absolute Gasteiger partial charge is 0.382 e. The fourth-order valence-corrected chi connectivity index (χ4v) is 1.58. The number of nitrogens with two attached hydrogens (primary N) is 2. The van der Waals surface area contributed by atoms with Crippen LogP contribution in [0.25, 0.3) is 0 Å². The van der Waals surface area contributed by atoms with Crippen LogP contribution in [0.5, 0.6) is 0 Å². The molecule has 5 N–H and O–H groups in total. The predicted octanol–water partition coefficient (Wildman–Crippen LogP) is 1.65. The number of carbonyl (C=O) groups is 1. The third kappa shape index (κ3) is 3.43. The van der Waals surface area contributed by atoms with Gasteiger partial charge in [-0.1, -0.05) is 23.2 Å².